The van der Waals surface area contributed by atoms with Crippen molar-refractivity contribution in [3.63, 3.8) is 0 Å². The number of carbonyl (C=O) groups is 1. The van der Waals surface area contributed by atoms with E-state index in [1.807, 2.05) is 24.5 Å². The van der Waals surface area contributed by atoms with Crippen LogP contribution in [-0.2, 0) is 0 Å². The number of rotatable bonds is 4. The molecule has 0 radical (unpaired) electrons. The standard InChI is InChI=1S/C22H19F2N6O2/c23-15-8-14(9-16(24)10-15)18-3-4-20-27-29(22(31)30(18)20)11-13-6-17(7-13)32-21-19-2-1-5-28(19)26-12-25-21/h1-2,5,8-13,17-18H,3-4,6-7H2/q+1/b29-11-/t13?,17?,18-/m0/s1. The third-order valence-electron chi connectivity index (χ3n) is 6.19. The van der Waals surface area contributed by atoms with Crippen molar-refractivity contribution in [2.24, 2.45) is 11.0 Å². The number of hydrazone groups is 1. The van der Waals surface area contributed by atoms with E-state index in [0.717, 1.165) is 24.4 Å². The van der Waals surface area contributed by atoms with Crippen LogP contribution in [0.25, 0.3) is 5.52 Å². The highest BCUT2D eigenvalue weighted by Crippen LogP contribution is 2.37. The first kappa shape index (κ1) is 19.0. The van der Waals surface area contributed by atoms with Crippen LogP contribution in [0, 0.1) is 17.6 Å². The number of amides is 2. The van der Waals surface area contributed by atoms with E-state index >= 15 is 0 Å². The quantitative estimate of drug-likeness (QED) is 0.586. The number of carbonyl (C=O) groups excluding carboxylic acids is 1. The minimum absolute atomic E-state index is 0.00182. The summed E-state index contributed by atoms with van der Waals surface area (Å²) < 4.78 is 36.4. The van der Waals surface area contributed by atoms with Gasteiger partial charge in [-0.3, -0.25) is 0 Å². The maximum atomic E-state index is 13.7. The number of hydrogen-bond donors (Lipinski definition) is 0. The van der Waals surface area contributed by atoms with Crippen molar-refractivity contribution in [3.8, 4) is 5.88 Å². The average Bonchev–Trinajstić information content (AvgIpc) is 3.43. The van der Waals surface area contributed by atoms with E-state index < -0.39 is 17.7 Å². The average molecular weight is 437 g/mol. The van der Waals surface area contributed by atoms with Gasteiger partial charge >= 0.3 is 6.03 Å². The smallest absolute Gasteiger partial charge is 0.473 e. The Hall–Kier alpha value is -3.69. The molecule has 1 aromatic carbocycles. The Morgan fingerprint density at radius 3 is 2.81 bits per heavy atom. The van der Waals surface area contributed by atoms with Crippen LogP contribution < -0.4 is 4.74 Å². The van der Waals surface area contributed by atoms with E-state index in [1.54, 1.807) is 9.42 Å². The number of amidine groups is 1. The summed E-state index contributed by atoms with van der Waals surface area (Å²) in [6.07, 6.45) is 7.74. The molecule has 1 saturated heterocycles. The zero-order valence-electron chi connectivity index (χ0n) is 16.9. The van der Waals surface area contributed by atoms with Gasteiger partial charge in [0.05, 0.1) is 0 Å². The van der Waals surface area contributed by atoms with Gasteiger partial charge in [0, 0.05) is 36.6 Å². The highest BCUT2D eigenvalue weighted by molar-refractivity contribution is 6.00. The van der Waals surface area contributed by atoms with Gasteiger partial charge in [0.25, 0.3) is 0 Å². The first-order chi connectivity index (χ1) is 15.5. The molecule has 1 aliphatic carbocycles. The Morgan fingerprint density at radius 1 is 1.19 bits per heavy atom. The number of urea groups is 1. The number of ether oxygens (including phenoxy) is 1. The Kier molecular flexibility index (Phi) is 4.27. The molecular weight excluding hydrogens is 418 g/mol. The van der Waals surface area contributed by atoms with Crippen LogP contribution in [-0.4, -0.2) is 48.4 Å². The van der Waals surface area contributed by atoms with E-state index in [0.29, 0.717) is 30.1 Å². The minimum atomic E-state index is -0.651. The van der Waals surface area contributed by atoms with Crippen molar-refractivity contribution in [2.75, 3.05) is 0 Å². The van der Waals surface area contributed by atoms with Crippen molar-refractivity contribution in [1.29, 1.82) is 0 Å². The summed E-state index contributed by atoms with van der Waals surface area (Å²) in [5.74, 6) is 0.00795. The molecule has 3 aromatic rings. The van der Waals surface area contributed by atoms with Crippen LogP contribution in [0.3, 0.4) is 0 Å². The van der Waals surface area contributed by atoms with Gasteiger partial charge in [0.15, 0.2) is 0 Å². The van der Waals surface area contributed by atoms with Crippen molar-refractivity contribution in [2.45, 2.75) is 37.8 Å². The fraction of sp³-hybridized carbons (Fsp3) is 0.318. The molecule has 0 N–H and O–H groups in total. The lowest BCUT2D eigenvalue weighted by molar-refractivity contribution is -0.428. The lowest BCUT2D eigenvalue weighted by Crippen LogP contribution is -2.38. The Labute approximate surface area is 181 Å². The molecule has 1 saturated carbocycles. The number of benzene rings is 1. The fourth-order valence-corrected chi connectivity index (χ4v) is 4.61. The topological polar surface area (TPSA) is 75.1 Å². The summed E-state index contributed by atoms with van der Waals surface area (Å²) in [4.78, 5) is 18.7. The van der Waals surface area contributed by atoms with Crippen LogP contribution in [0.2, 0.25) is 0 Å². The summed E-state index contributed by atoms with van der Waals surface area (Å²) >= 11 is 0. The monoisotopic (exact) mass is 437 g/mol. The highest BCUT2D eigenvalue weighted by Gasteiger charge is 2.50. The van der Waals surface area contributed by atoms with Gasteiger partial charge in [0.1, 0.15) is 41.8 Å². The first-order valence-electron chi connectivity index (χ1n) is 10.5. The first-order valence-corrected chi connectivity index (χ1v) is 10.5. The number of fused-ring (bicyclic) bond motifs is 2. The van der Waals surface area contributed by atoms with Crippen LogP contribution in [0.5, 0.6) is 5.88 Å². The molecule has 2 fully saturated rings. The molecule has 8 nitrogen and oxygen atoms in total. The molecule has 6 rings (SSSR count). The molecule has 0 unspecified atom stereocenters. The largest absolute Gasteiger partial charge is 0.525 e. The Morgan fingerprint density at radius 2 is 2.00 bits per heavy atom. The summed E-state index contributed by atoms with van der Waals surface area (Å²) in [5, 5.41) is 8.56. The van der Waals surface area contributed by atoms with E-state index in [2.05, 4.69) is 15.2 Å². The maximum Gasteiger partial charge on any atom is 0.525 e. The van der Waals surface area contributed by atoms with Crippen molar-refractivity contribution in [3.05, 3.63) is 60.1 Å². The predicted octanol–water partition coefficient (Wildman–Crippen LogP) is 3.53. The summed E-state index contributed by atoms with van der Waals surface area (Å²) in [6.45, 7) is 0. The lowest BCUT2D eigenvalue weighted by atomic mass is 9.83. The SMILES string of the molecule is O=C1N2C(=N/[N+]1=C\C1CC(Oc3ncnn4cccc34)C1)CC[C@H]2c1cc(F)cc(F)c1. The number of hydrogen-bond acceptors (Lipinski definition) is 5. The zero-order valence-corrected chi connectivity index (χ0v) is 16.9. The molecule has 1 atom stereocenters. The summed E-state index contributed by atoms with van der Waals surface area (Å²) in [5.41, 5.74) is 1.25. The second-order valence-corrected chi connectivity index (χ2v) is 8.29. The number of halogens is 2. The summed E-state index contributed by atoms with van der Waals surface area (Å²) in [7, 11) is 0. The predicted molar refractivity (Wildman–Crippen MR) is 109 cm³/mol. The van der Waals surface area contributed by atoms with Crippen molar-refractivity contribution < 1.29 is 23.0 Å². The van der Waals surface area contributed by atoms with Crippen LogP contribution >= 0.6 is 0 Å². The van der Waals surface area contributed by atoms with Crippen molar-refractivity contribution >= 4 is 23.6 Å². The molecule has 2 aliphatic heterocycles. The molecule has 2 aromatic heterocycles. The zero-order chi connectivity index (χ0) is 21.8. The molecule has 0 bridgehead atoms. The van der Waals surface area contributed by atoms with Gasteiger partial charge < -0.3 is 4.74 Å². The van der Waals surface area contributed by atoms with Gasteiger partial charge in [-0.25, -0.2) is 13.3 Å². The van der Waals surface area contributed by atoms with Crippen molar-refractivity contribution in [1.82, 2.24) is 19.5 Å². The molecule has 32 heavy (non-hydrogen) atoms. The molecule has 4 heterocycles. The van der Waals surface area contributed by atoms with E-state index in [9.17, 15) is 13.6 Å². The second-order valence-electron chi connectivity index (χ2n) is 8.29. The third kappa shape index (κ3) is 3.14. The Bertz CT molecular complexity index is 1280. The van der Waals surface area contributed by atoms with E-state index in [1.165, 1.54) is 23.1 Å². The minimum Gasteiger partial charge on any atom is -0.473 e. The lowest BCUT2D eigenvalue weighted by Gasteiger charge is -2.31. The molecule has 0 spiro atoms. The van der Waals surface area contributed by atoms with Crippen LogP contribution in [0.4, 0.5) is 13.6 Å². The molecule has 162 valence electrons. The Balaban J connectivity index is 1.14. The normalized spacial score (nSPS) is 25.9. The van der Waals surface area contributed by atoms with Gasteiger partial charge in [-0.05, 0) is 42.2 Å². The molecule has 3 aliphatic rings. The van der Waals surface area contributed by atoms with E-state index in [-0.39, 0.29) is 18.1 Å². The van der Waals surface area contributed by atoms with Gasteiger partial charge in [-0.15, -0.1) is 0 Å². The molecule has 10 heteroatoms. The van der Waals surface area contributed by atoms with Gasteiger partial charge in [-0.1, -0.05) is 4.68 Å². The van der Waals surface area contributed by atoms with Gasteiger partial charge in [0.2, 0.25) is 11.7 Å². The highest BCUT2D eigenvalue weighted by atomic mass is 19.1. The van der Waals surface area contributed by atoms with E-state index in [4.69, 9.17) is 4.74 Å². The second kappa shape index (κ2) is 7.18. The molecular formula is C22H19F2N6O2+. The fourth-order valence-electron chi connectivity index (χ4n) is 4.61. The number of aromatic nitrogens is 3. The number of nitrogens with zero attached hydrogens (tertiary/aromatic N) is 6. The van der Waals surface area contributed by atoms with Gasteiger partial charge in [-0.2, -0.15) is 19.8 Å². The third-order valence-corrected chi connectivity index (χ3v) is 6.19. The maximum absolute atomic E-state index is 13.7. The summed E-state index contributed by atoms with van der Waals surface area (Å²) in [6, 6.07) is 6.46. The molecule has 2 amide bonds. The van der Waals surface area contributed by atoms with Crippen LogP contribution in [0.1, 0.15) is 37.3 Å². The van der Waals surface area contributed by atoms with Crippen LogP contribution in [0.15, 0.2) is 48.0 Å².